The molecule has 3 aliphatic rings. The van der Waals surface area contributed by atoms with E-state index in [1.54, 1.807) is 0 Å². The minimum Gasteiger partial charge on any atom is -0.458 e. The normalized spacial score (nSPS) is 44.6. The Morgan fingerprint density at radius 2 is 2.16 bits per heavy atom. The van der Waals surface area contributed by atoms with Crippen molar-refractivity contribution in [3.63, 3.8) is 0 Å². The monoisotopic (exact) mass is 344 g/mol. The molecule has 0 radical (unpaired) electrons. The molecule has 6 atom stereocenters. The lowest BCUT2D eigenvalue weighted by molar-refractivity contribution is -0.135. The summed E-state index contributed by atoms with van der Waals surface area (Å²) in [5.74, 6) is 0.948. The van der Waals surface area contributed by atoms with Crippen molar-refractivity contribution in [3.8, 4) is 0 Å². The largest absolute Gasteiger partial charge is 0.458 e. The number of esters is 1. The van der Waals surface area contributed by atoms with Gasteiger partial charge in [-0.2, -0.15) is 0 Å². The van der Waals surface area contributed by atoms with E-state index in [1.165, 1.54) is 6.42 Å². The molecule has 1 aliphatic heterocycles. The summed E-state index contributed by atoms with van der Waals surface area (Å²) < 4.78 is 5.00. The summed E-state index contributed by atoms with van der Waals surface area (Å²) in [6.07, 6.45) is 9.61. The van der Waals surface area contributed by atoms with E-state index >= 15 is 0 Å². The highest BCUT2D eigenvalue weighted by molar-refractivity contribution is 5.93. The van der Waals surface area contributed by atoms with Gasteiger partial charge >= 0.3 is 5.97 Å². The van der Waals surface area contributed by atoms with Gasteiger partial charge in [-0.15, -0.1) is 0 Å². The molecule has 3 heteroatoms. The maximum Gasteiger partial charge on any atom is 0.338 e. The molecule has 2 aliphatic carbocycles. The molecule has 1 N–H and O–H groups in total. The van der Waals surface area contributed by atoms with Crippen LogP contribution in [0.15, 0.2) is 36.0 Å². The predicted molar refractivity (Wildman–Crippen MR) is 99.8 cm³/mol. The highest BCUT2D eigenvalue weighted by Crippen LogP contribution is 2.63. The van der Waals surface area contributed by atoms with Gasteiger partial charge in [0.1, 0.15) is 6.61 Å². The minimum atomic E-state index is -0.464. The Bertz CT molecular complexity index is 631. The summed E-state index contributed by atoms with van der Waals surface area (Å²) in [5, 5.41) is 10.7. The lowest BCUT2D eigenvalue weighted by Gasteiger charge is -2.61. The first-order valence-corrected chi connectivity index (χ1v) is 9.66. The third kappa shape index (κ3) is 2.81. The van der Waals surface area contributed by atoms with E-state index in [0.29, 0.717) is 24.0 Å². The Hall–Kier alpha value is -1.35. The van der Waals surface area contributed by atoms with Gasteiger partial charge in [-0.3, -0.25) is 0 Å². The maximum atomic E-state index is 11.7. The predicted octanol–water partition coefficient (Wildman–Crippen LogP) is 4.43. The Morgan fingerprint density at radius 3 is 2.76 bits per heavy atom. The second-order valence-corrected chi connectivity index (χ2v) is 8.78. The molecule has 0 aromatic heterocycles. The standard InChI is InChI=1S/C22H32O3/c1-6-21(4)14(2)9-11-22(5)17(15(3)18(23)13-19(21)22)8-7-16-10-12-25-20(16)24/h7-8,10,14,17-19,23H,3,6,9,11-13H2,1-2,4-5H3/b8-7+. The number of rotatable bonds is 3. The van der Waals surface area contributed by atoms with E-state index in [-0.39, 0.29) is 22.7 Å². The molecular formula is C22H32O3. The molecule has 0 bridgehead atoms. The van der Waals surface area contributed by atoms with E-state index in [9.17, 15) is 9.90 Å². The molecule has 138 valence electrons. The number of hydrogen-bond donors (Lipinski definition) is 1. The minimum absolute atomic E-state index is 0.0765. The van der Waals surface area contributed by atoms with Gasteiger partial charge < -0.3 is 9.84 Å². The van der Waals surface area contributed by atoms with E-state index in [1.807, 2.05) is 12.2 Å². The fraction of sp³-hybridized carbons (Fsp3) is 0.682. The summed E-state index contributed by atoms with van der Waals surface area (Å²) in [7, 11) is 0. The lowest BCUT2D eigenvalue weighted by atomic mass is 9.44. The Kier molecular flexibility index (Phi) is 4.74. The van der Waals surface area contributed by atoms with Gasteiger partial charge in [-0.1, -0.05) is 52.8 Å². The van der Waals surface area contributed by atoms with E-state index < -0.39 is 6.10 Å². The van der Waals surface area contributed by atoms with Crippen molar-refractivity contribution in [2.75, 3.05) is 6.61 Å². The van der Waals surface area contributed by atoms with Crippen LogP contribution in [0.4, 0.5) is 0 Å². The van der Waals surface area contributed by atoms with Crippen LogP contribution < -0.4 is 0 Å². The van der Waals surface area contributed by atoms with Crippen LogP contribution in [0.1, 0.15) is 53.4 Å². The third-order valence-electron chi connectivity index (χ3n) is 7.81. The van der Waals surface area contributed by atoms with Gasteiger partial charge in [-0.25, -0.2) is 4.79 Å². The second kappa shape index (κ2) is 6.42. The smallest absolute Gasteiger partial charge is 0.338 e. The third-order valence-corrected chi connectivity index (χ3v) is 7.81. The van der Waals surface area contributed by atoms with Crippen LogP contribution in [-0.4, -0.2) is 23.8 Å². The van der Waals surface area contributed by atoms with Crippen molar-refractivity contribution in [2.24, 2.45) is 28.6 Å². The SMILES string of the molecule is C=C1C(O)CC2C(C)(CC)C(C)CCC2(C)C1/C=C/C1=CCOC1=O. The van der Waals surface area contributed by atoms with Crippen molar-refractivity contribution in [2.45, 2.75) is 59.5 Å². The first-order valence-electron chi connectivity index (χ1n) is 9.66. The van der Waals surface area contributed by atoms with Gasteiger partial charge in [-0.05, 0) is 53.6 Å². The number of fused-ring (bicyclic) bond motifs is 1. The summed E-state index contributed by atoms with van der Waals surface area (Å²) in [6.45, 7) is 14.0. The van der Waals surface area contributed by atoms with Crippen LogP contribution in [-0.2, 0) is 9.53 Å². The molecule has 25 heavy (non-hydrogen) atoms. The average molecular weight is 344 g/mol. The van der Waals surface area contributed by atoms with Crippen LogP contribution >= 0.6 is 0 Å². The quantitative estimate of drug-likeness (QED) is 0.608. The molecule has 1 heterocycles. The highest BCUT2D eigenvalue weighted by Gasteiger charge is 2.57. The number of allylic oxidation sites excluding steroid dienone is 1. The molecule has 0 aromatic rings. The maximum absolute atomic E-state index is 11.7. The molecule has 2 saturated carbocycles. The van der Waals surface area contributed by atoms with Gasteiger partial charge in [0.15, 0.2) is 0 Å². The number of carbonyl (C=O) groups is 1. The van der Waals surface area contributed by atoms with Crippen LogP contribution in [0, 0.1) is 28.6 Å². The summed E-state index contributed by atoms with van der Waals surface area (Å²) in [5.41, 5.74) is 1.82. The van der Waals surface area contributed by atoms with E-state index in [4.69, 9.17) is 4.74 Å². The molecule has 0 spiro atoms. The Morgan fingerprint density at radius 1 is 1.44 bits per heavy atom. The molecule has 6 unspecified atom stereocenters. The van der Waals surface area contributed by atoms with Crippen LogP contribution in [0.25, 0.3) is 0 Å². The average Bonchev–Trinajstić information content (AvgIpc) is 2.99. The topological polar surface area (TPSA) is 46.5 Å². The van der Waals surface area contributed by atoms with Gasteiger partial charge in [0.2, 0.25) is 0 Å². The van der Waals surface area contributed by atoms with Gasteiger partial charge in [0.25, 0.3) is 0 Å². The molecule has 3 nitrogen and oxygen atoms in total. The number of aliphatic hydroxyl groups excluding tert-OH is 1. The molecule has 0 aromatic carbocycles. The molecule has 3 rings (SSSR count). The van der Waals surface area contributed by atoms with Crippen molar-refractivity contribution in [1.29, 1.82) is 0 Å². The fourth-order valence-electron chi connectivity index (χ4n) is 5.69. The zero-order valence-electron chi connectivity index (χ0n) is 16.0. The second-order valence-electron chi connectivity index (χ2n) is 8.78. The van der Waals surface area contributed by atoms with Gasteiger partial charge in [0.05, 0.1) is 11.7 Å². The number of ether oxygens (including phenoxy) is 1. The molecule has 0 amide bonds. The summed E-state index contributed by atoms with van der Waals surface area (Å²) in [6, 6.07) is 0. The number of aliphatic hydroxyl groups is 1. The highest BCUT2D eigenvalue weighted by atomic mass is 16.5. The van der Waals surface area contributed by atoms with Crippen LogP contribution in [0.5, 0.6) is 0 Å². The van der Waals surface area contributed by atoms with Crippen molar-refractivity contribution >= 4 is 5.97 Å². The summed E-state index contributed by atoms with van der Waals surface area (Å²) in [4.78, 5) is 11.7. The van der Waals surface area contributed by atoms with Crippen molar-refractivity contribution < 1.29 is 14.6 Å². The number of cyclic esters (lactones) is 1. The molecular weight excluding hydrogens is 312 g/mol. The van der Waals surface area contributed by atoms with Crippen molar-refractivity contribution in [1.82, 2.24) is 0 Å². The van der Waals surface area contributed by atoms with E-state index in [0.717, 1.165) is 24.8 Å². The molecule has 0 saturated heterocycles. The zero-order chi connectivity index (χ0) is 18.4. The van der Waals surface area contributed by atoms with Crippen LogP contribution in [0.2, 0.25) is 0 Å². The number of carbonyl (C=O) groups excluding carboxylic acids is 1. The molecule has 2 fully saturated rings. The van der Waals surface area contributed by atoms with Crippen LogP contribution in [0.3, 0.4) is 0 Å². The first-order chi connectivity index (χ1) is 11.7. The van der Waals surface area contributed by atoms with Gasteiger partial charge in [0, 0.05) is 5.92 Å². The zero-order valence-corrected chi connectivity index (χ0v) is 16.0. The fourth-order valence-corrected chi connectivity index (χ4v) is 5.69. The lowest BCUT2D eigenvalue weighted by Crippen LogP contribution is -2.55. The number of hydrogen-bond acceptors (Lipinski definition) is 3. The Balaban J connectivity index is 1.97. The summed E-state index contributed by atoms with van der Waals surface area (Å²) >= 11 is 0. The van der Waals surface area contributed by atoms with Crippen molar-refractivity contribution in [3.05, 3.63) is 36.0 Å². The first kappa shape index (κ1) is 18.4. The Labute approximate surface area is 151 Å². The van der Waals surface area contributed by atoms with E-state index in [2.05, 4.69) is 40.3 Å².